The van der Waals surface area contributed by atoms with E-state index in [1.165, 1.54) is 0 Å². The second-order valence-corrected chi connectivity index (χ2v) is 4.76. The number of carbonyl (C=O) groups is 1. The highest BCUT2D eigenvalue weighted by atomic mass is 16.5. The van der Waals surface area contributed by atoms with Gasteiger partial charge in [0.1, 0.15) is 12.4 Å². The number of ether oxygens (including phenoxy) is 1. The van der Waals surface area contributed by atoms with E-state index in [1.54, 1.807) is 24.1 Å². The van der Waals surface area contributed by atoms with E-state index in [9.17, 15) is 4.79 Å². The Morgan fingerprint density at radius 1 is 1.44 bits per heavy atom. The topological polar surface area (TPSA) is 55.6 Å². The second kappa shape index (κ2) is 3.40. The molecule has 1 amide bonds. The molecule has 0 atom stereocenters. The molecule has 16 heavy (non-hydrogen) atoms. The minimum Gasteiger partial charge on any atom is -0.490 e. The van der Waals surface area contributed by atoms with Gasteiger partial charge in [-0.3, -0.25) is 4.79 Å². The fourth-order valence-corrected chi connectivity index (χ4v) is 1.81. The van der Waals surface area contributed by atoms with Gasteiger partial charge in [-0.15, -0.1) is 0 Å². The molecule has 0 aromatic heterocycles. The lowest BCUT2D eigenvalue weighted by molar-refractivity contribution is -0.127. The molecule has 86 valence electrons. The van der Waals surface area contributed by atoms with E-state index in [2.05, 4.69) is 0 Å². The number of nitrogens with two attached hydrogens (primary N) is 1. The van der Waals surface area contributed by atoms with Crippen LogP contribution in [0.15, 0.2) is 18.2 Å². The van der Waals surface area contributed by atoms with Crippen LogP contribution in [-0.2, 0) is 4.79 Å². The summed E-state index contributed by atoms with van der Waals surface area (Å²) in [6.07, 6.45) is 0. The second-order valence-electron chi connectivity index (χ2n) is 4.76. The smallest absolute Gasteiger partial charge is 0.235 e. The molecular formula is C12H16N2O2. The molecule has 2 N–H and O–H groups in total. The van der Waals surface area contributed by atoms with Gasteiger partial charge in [0.05, 0.1) is 11.1 Å². The Morgan fingerprint density at radius 2 is 2.12 bits per heavy atom. The van der Waals surface area contributed by atoms with Crippen LogP contribution in [-0.4, -0.2) is 19.6 Å². The first-order valence-corrected chi connectivity index (χ1v) is 5.22. The molecule has 1 aliphatic rings. The number of amides is 1. The summed E-state index contributed by atoms with van der Waals surface area (Å²) in [7, 11) is 1.76. The van der Waals surface area contributed by atoms with Crippen molar-refractivity contribution in [2.24, 2.45) is 5.41 Å². The van der Waals surface area contributed by atoms with Crippen LogP contribution in [0.4, 0.5) is 11.4 Å². The van der Waals surface area contributed by atoms with Crippen LogP contribution in [0.1, 0.15) is 13.8 Å². The van der Waals surface area contributed by atoms with E-state index in [1.807, 2.05) is 19.9 Å². The van der Waals surface area contributed by atoms with Crippen LogP contribution in [0.25, 0.3) is 0 Å². The van der Waals surface area contributed by atoms with Crippen LogP contribution >= 0.6 is 0 Å². The standard InChI is InChI=1S/C12H16N2O2/c1-12(2)7-16-10-6-8(13)4-5-9(10)14(3)11(12)15/h4-6H,7,13H2,1-3H3. The van der Waals surface area contributed by atoms with Crippen molar-refractivity contribution in [1.29, 1.82) is 0 Å². The molecule has 0 spiro atoms. The maximum atomic E-state index is 12.1. The molecule has 0 radical (unpaired) electrons. The lowest BCUT2D eigenvalue weighted by Gasteiger charge is -2.24. The average Bonchev–Trinajstić information content (AvgIpc) is 2.31. The van der Waals surface area contributed by atoms with E-state index in [0.717, 1.165) is 5.69 Å². The third-order valence-corrected chi connectivity index (χ3v) is 2.82. The van der Waals surface area contributed by atoms with Gasteiger partial charge >= 0.3 is 0 Å². The Labute approximate surface area is 95.0 Å². The normalized spacial score (nSPS) is 18.7. The van der Waals surface area contributed by atoms with Gasteiger partial charge in [0.15, 0.2) is 0 Å². The molecule has 1 heterocycles. The number of rotatable bonds is 0. The Balaban J connectivity index is 2.50. The summed E-state index contributed by atoms with van der Waals surface area (Å²) in [4.78, 5) is 13.8. The molecule has 0 aliphatic carbocycles. The minimum absolute atomic E-state index is 0.0519. The lowest BCUT2D eigenvalue weighted by Crippen LogP contribution is -2.39. The first kappa shape index (κ1) is 10.8. The Morgan fingerprint density at radius 3 is 2.81 bits per heavy atom. The highest BCUT2D eigenvalue weighted by Gasteiger charge is 2.35. The predicted octanol–water partition coefficient (Wildman–Crippen LogP) is 1.65. The molecule has 1 aliphatic heterocycles. The van der Waals surface area contributed by atoms with E-state index >= 15 is 0 Å². The third kappa shape index (κ3) is 1.60. The summed E-state index contributed by atoms with van der Waals surface area (Å²) < 4.78 is 5.64. The molecular weight excluding hydrogens is 204 g/mol. The van der Waals surface area contributed by atoms with Gasteiger partial charge in [0.2, 0.25) is 5.91 Å². The monoisotopic (exact) mass is 220 g/mol. The van der Waals surface area contributed by atoms with Gasteiger partial charge in [-0.2, -0.15) is 0 Å². The van der Waals surface area contributed by atoms with Crippen LogP contribution in [0, 0.1) is 5.41 Å². The zero-order chi connectivity index (χ0) is 11.9. The summed E-state index contributed by atoms with van der Waals surface area (Å²) in [5, 5.41) is 0. The van der Waals surface area contributed by atoms with Crippen molar-refractivity contribution in [3.63, 3.8) is 0 Å². The van der Waals surface area contributed by atoms with Crippen molar-refractivity contribution in [3.8, 4) is 5.75 Å². The van der Waals surface area contributed by atoms with Crippen LogP contribution in [0.5, 0.6) is 5.75 Å². The summed E-state index contributed by atoms with van der Waals surface area (Å²) in [6.45, 7) is 4.12. The third-order valence-electron chi connectivity index (χ3n) is 2.82. The molecule has 4 nitrogen and oxygen atoms in total. The molecule has 0 fully saturated rings. The molecule has 0 unspecified atom stereocenters. The highest BCUT2D eigenvalue weighted by Crippen LogP contribution is 2.36. The van der Waals surface area contributed by atoms with Gasteiger partial charge in [-0.25, -0.2) is 0 Å². The van der Waals surface area contributed by atoms with Gasteiger partial charge < -0.3 is 15.4 Å². The van der Waals surface area contributed by atoms with Gasteiger partial charge in [0, 0.05) is 18.8 Å². The number of carbonyl (C=O) groups excluding carboxylic acids is 1. The summed E-state index contributed by atoms with van der Waals surface area (Å²) >= 11 is 0. The Bertz CT molecular complexity index is 441. The van der Waals surface area contributed by atoms with Crippen molar-refractivity contribution in [3.05, 3.63) is 18.2 Å². The molecule has 0 bridgehead atoms. The highest BCUT2D eigenvalue weighted by molar-refractivity contribution is 5.99. The number of benzene rings is 1. The largest absolute Gasteiger partial charge is 0.490 e. The fourth-order valence-electron chi connectivity index (χ4n) is 1.81. The van der Waals surface area contributed by atoms with Crippen molar-refractivity contribution in [1.82, 2.24) is 0 Å². The fraction of sp³-hybridized carbons (Fsp3) is 0.417. The number of fused-ring (bicyclic) bond motifs is 1. The van der Waals surface area contributed by atoms with Crippen molar-refractivity contribution in [2.45, 2.75) is 13.8 Å². The van der Waals surface area contributed by atoms with Crippen LogP contribution in [0.3, 0.4) is 0 Å². The number of hydrogen-bond donors (Lipinski definition) is 1. The van der Waals surface area contributed by atoms with Crippen molar-refractivity contribution < 1.29 is 9.53 Å². The zero-order valence-electron chi connectivity index (χ0n) is 9.78. The van der Waals surface area contributed by atoms with E-state index < -0.39 is 5.41 Å². The summed E-state index contributed by atoms with van der Waals surface area (Å²) in [5.41, 5.74) is 6.59. The Kier molecular flexibility index (Phi) is 2.30. The first-order valence-electron chi connectivity index (χ1n) is 5.22. The van der Waals surface area contributed by atoms with Gasteiger partial charge in [-0.05, 0) is 26.0 Å². The molecule has 0 saturated carbocycles. The maximum Gasteiger partial charge on any atom is 0.235 e. The molecule has 1 aromatic carbocycles. The number of hydrogen-bond acceptors (Lipinski definition) is 3. The lowest BCUT2D eigenvalue weighted by atomic mass is 9.93. The molecule has 4 heteroatoms. The SMILES string of the molecule is CN1C(=O)C(C)(C)COc2cc(N)ccc21. The average molecular weight is 220 g/mol. The van der Waals surface area contributed by atoms with Crippen LogP contribution < -0.4 is 15.4 Å². The quantitative estimate of drug-likeness (QED) is 0.676. The maximum absolute atomic E-state index is 12.1. The number of nitrogen functional groups attached to an aromatic ring is 1. The van der Waals surface area contributed by atoms with Gasteiger partial charge in [-0.1, -0.05) is 0 Å². The van der Waals surface area contributed by atoms with Gasteiger partial charge in [0.25, 0.3) is 0 Å². The van der Waals surface area contributed by atoms with Crippen molar-refractivity contribution >= 4 is 17.3 Å². The summed E-state index contributed by atoms with van der Waals surface area (Å²) in [5.74, 6) is 0.720. The first-order chi connectivity index (χ1) is 7.42. The molecule has 1 aromatic rings. The molecule has 2 rings (SSSR count). The predicted molar refractivity (Wildman–Crippen MR) is 63.5 cm³/mol. The molecule has 0 saturated heterocycles. The van der Waals surface area contributed by atoms with E-state index in [0.29, 0.717) is 18.0 Å². The van der Waals surface area contributed by atoms with E-state index in [4.69, 9.17) is 10.5 Å². The van der Waals surface area contributed by atoms with Crippen LogP contribution in [0.2, 0.25) is 0 Å². The Hall–Kier alpha value is -1.71. The summed E-state index contributed by atoms with van der Waals surface area (Å²) in [6, 6.07) is 5.33. The number of nitrogens with zero attached hydrogens (tertiary/aromatic N) is 1. The minimum atomic E-state index is -0.511. The number of anilines is 2. The zero-order valence-corrected chi connectivity index (χ0v) is 9.78. The van der Waals surface area contributed by atoms with Crippen molar-refractivity contribution in [2.75, 3.05) is 24.3 Å². The van der Waals surface area contributed by atoms with E-state index in [-0.39, 0.29) is 5.91 Å².